The summed E-state index contributed by atoms with van der Waals surface area (Å²) < 4.78 is 32.0. The molecule has 2 aromatic carbocycles. The van der Waals surface area contributed by atoms with E-state index in [2.05, 4.69) is 5.32 Å². The number of amides is 2. The molecule has 0 fully saturated rings. The van der Waals surface area contributed by atoms with Crippen LogP contribution in [0.1, 0.15) is 18.9 Å². The zero-order valence-electron chi connectivity index (χ0n) is 15.3. The van der Waals surface area contributed by atoms with E-state index in [9.17, 15) is 18.4 Å². The minimum Gasteiger partial charge on any atom is -0.497 e. The van der Waals surface area contributed by atoms with Crippen molar-refractivity contribution in [3.05, 3.63) is 59.7 Å². The number of rotatable bonds is 8. The average molecular weight is 376 g/mol. The summed E-state index contributed by atoms with van der Waals surface area (Å²) in [7, 11) is 1.59. The molecule has 0 saturated carbocycles. The van der Waals surface area contributed by atoms with Crippen molar-refractivity contribution in [1.82, 2.24) is 5.32 Å². The maximum atomic E-state index is 13.9. The molecule has 5 nitrogen and oxygen atoms in total. The third-order valence-corrected chi connectivity index (χ3v) is 4.04. The molecule has 0 saturated heterocycles. The van der Waals surface area contributed by atoms with E-state index in [0.717, 1.165) is 22.3 Å². The fourth-order valence-electron chi connectivity index (χ4n) is 2.59. The molecule has 0 heterocycles. The third-order valence-electron chi connectivity index (χ3n) is 4.04. The van der Waals surface area contributed by atoms with Crippen molar-refractivity contribution in [2.24, 2.45) is 0 Å². The minimum absolute atomic E-state index is 0.00621. The first kappa shape index (κ1) is 20.4. The van der Waals surface area contributed by atoms with E-state index in [0.29, 0.717) is 19.0 Å². The molecule has 2 aromatic rings. The van der Waals surface area contributed by atoms with Crippen LogP contribution in [-0.2, 0) is 16.0 Å². The molecule has 0 unspecified atom stereocenters. The van der Waals surface area contributed by atoms with Gasteiger partial charge in [0.1, 0.15) is 17.4 Å². The Labute approximate surface area is 156 Å². The lowest BCUT2D eigenvalue weighted by Crippen LogP contribution is -2.35. The molecule has 0 aromatic heterocycles. The lowest BCUT2D eigenvalue weighted by Gasteiger charge is -2.21. The number of nitrogens with one attached hydrogen (secondary N) is 1. The lowest BCUT2D eigenvalue weighted by molar-refractivity contribution is -0.121. The van der Waals surface area contributed by atoms with Crippen LogP contribution >= 0.6 is 0 Å². The number of methoxy groups -OCH3 is 1. The van der Waals surface area contributed by atoms with Gasteiger partial charge in [0, 0.05) is 32.5 Å². The molecule has 0 spiro atoms. The van der Waals surface area contributed by atoms with Crippen LogP contribution in [-0.4, -0.2) is 32.0 Å². The van der Waals surface area contributed by atoms with Crippen molar-refractivity contribution in [2.45, 2.75) is 19.8 Å². The zero-order valence-corrected chi connectivity index (χ0v) is 15.3. The first-order valence-electron chi connectivity index (χ1n) is 8.53. The van der Waals surface area contributed by atoms with Gasteiger partial charge in [-0.15, -0.1) is 0 Å². The highest BCUT2D eigenvalue weighted by Gasteiger charge is 2.17. The molecule has 0 aliphatic rings. The van der Waals surface area contributed by atoms with Crippen LogP contribution in [0, 0.1) is 11.6 Å². The summed E-state index contributed by atoms with van der Waals surface area (Å²) in [6, 6.07) is 10.5. The number of carbonyl (C=O) groups is 2. The Bertz CT molecular complexity index is 794. The highest BCUT2D eigenvalue weighted by Crippen LogP contribution is 2.20. The van der Waals surface area contributed by atoms with Crippen molar-refractivity contribution >= 4 is 17.5 Å². The van der Waals surface area contributed by atoms with Gasteiger partial charge in [0.25, 0.3) is 0 Å². The second kappa shape index (κ2) is 9.66. The molecule has 2 amide bonds. The summed E-state index contributed by atoms with van der Waals surface area (Å²) in [4.78, 5) is 24.9. The van der Waals surface area contributed by atoms with Crippen LogP contribution in [0.4, 0.5) is 14.5 Å². The largest absolute Gasteiger partial charge is 0.497 e. The molecule has 27 heavy (non-hydrogen) atoms. The monoisotopic (exact) mass is 376 g/mol. The zero-order chi connectivity index (χ0) is 19.8. The summed E-state index contributed by atoms with van der Waals surface area (Å²) in [5.74, 6) is -1.48. The topological polar surface area (TPSA) is 58.6 Å². The number of carbonyl (C=O) groups excluding carboxylic acids is 2. The van der Waals surface area contributed by atoms with Crippen LogP contribution in [0.3, 0.4) is 0 Å². The van der Waals surface area contributed by atoms with Crippen molar-refractivity contribution in [2.75, 3.05) is 25.1 Å². The van der Waals surface area contributed by atoms with Crippen molar-refractivity contribution in [3.63, 3.8) is 0 Å². The Kier molecular flexibility index (Phi) is 7.28. The van der Waals surface area contributed by atoms with Crippen LogP contribution in [0.5, 0.6) is 5.75 Å². The van der Waals surface area contributed by atoms with Crippen LogP contribution in [0.15, 0.2) is 42.5 Å². The van der Waals surface area contributed by atoms with Crippen LogP contribution < -0.4 is 15.0 Å². The molecule has 7 heteroatoms. The molecule has 1 N–H and O–H groups in total. The number of hydrogen-bond acceptors (Lipinski definition) is 3. The van der Waals surface area contributed by atoms with Gasteiger partial charge in [-0.05, 0) is 36.2 Å². The Morgan fingerprint density at radius 3 is 2.41 bits per heavy atom. The fraction of sp³-hybridized carbons (Fsp3) is 0.300. The van der Waals surface area contributed by atoms with Crippen molar-refractivity contribution in [3.8, 4) is 5.75 Å². The summed E-state index contributed by atoms with van der Waals surface area (Å²) in [6.45, 7) is 1.72. The van der Waals surface area contributed by atoms with Crippen LogP contribution in [0.2, 0.25) is 0 Å². The smallest absolute Gasteiger partial charge is 0.223 e. The normalized spacial score (nSPS) is 10.4. The minimum atomic E-state index is -0.842. The molecule has 0 aliphatic carbocycles. The van der Waals surface area contributed by atoms with Gasteiger partial charge in [0.15, 0.2) is 0 Å². The lowest BCUT2D eigenvalue weighted by atomic mass is 10.1. The Morgan fingerprint density at radius 1 is 1.11 bits per heavy atom. The molecular weight excluding hydrogens is 354 g/mol. The average Bonchev–Trinajstić information content (AvgIpc) is 2.63. The molecule has 144 valence electrons. The highest BCUT2D eigenvalue weighted by atomic mass is 19.1. The van der Waals surface area contributed by atoms with E-state index >= 15 is 0 Å². The second-order valence-electron chi connectivity index (χ2n) is 5.96. The van der Waals surface area contributed by atoms with E-state index in [1.807, 2.05) is 24.3 Å². The number of hydrogen-bond donors (Lipinski definition) is 1. The molecule has 0 radical (unpaired) electrons. The van der Waals surface area contributed by atoms with Gasteiger partial charge in [0.2, 0.25) is 11.8 Å². The number of nitrogens with zero attached hydrogens (tertiary/aromatic N) is 1. The van der Waals surface area contributed by atoms with Crippen molar-refractivity contribution < 1.29 is 23.1 Å². The Morgan fingerprint density at radius 2 is 1.81 bits per heavy atom. The van der Waals surface area contributed by atoms with Gasteiger partial charge in [-0.2, -0.15) is 0 Å². The SMILES string of the molecule is COc1ccc(CCNC(=O)CCN(C(C)=O)c2ccc(F)cc2F)cc1. The van der Waals surface area contributed by atoms with E-state index < -0.39 is 17.5 Å². The van der Waals surface area contributed by atoms with Gasteiger partial charge >= 0.3 is 0 Å². The summed E-state index contributed by atoms with van der Waals surface area (Å²) in [6.07, 6.45) is 0.664. The first-order chi connectivity index (χ1) is 12.9. The van der Waals surface area contributed by atoms with Gasteiger partial charge in [-0.3, -0.25) is 9.59 Å². The predicted molar refractivity (Wildman–Crippen MR) is 98.7 cm³/mol. The summed E-state index contributed by atoms with van der Waals surface area (Å²) in [5, 5.41) is 2.77. The Balaban J connectivity index is 1.83. The summed E-state index contributed by atoms with van der Waals surface area (Å²) in [5.41, 5.74) is 1.00. The predicted octanol–water partition coefficient (Wildman–Crippen LogP) is 3.08. The quantitative estimate of drug-likeness (QED) is 0.770. The molecule has 0 bridgehead atoms. The first-order valence-corrected chi connectivity index (χ1v) is 8.53. The number of anilines is 1. The van der Waals surface area contributed by atoms with Gasteiger partial charge < -0.3 is 15.0 Å². The maximum absolute atomic E-state index is 13.9. The third kappa shape index (κ3) is 6.06. The summed E-state index contributed by atoms with van der Waals surface area (Å²) >= 11 is 0. The number of ether oxygens (including phenoxy) is 1. The fourth-order valence-corrected chi connectivity index (χ4v) is 2.59. The molecule has 0 aliphatic heterocycles. The number of benzene rings is 2. The Hall–Kier alpha value is -2.96. The number of halogens is 2. The van der Waals surface area contributed by atoms with Crippen molar-refractivity contribution in [1.29, 1.82) is 0 Å². The maximum Gasteiger partial charge on any atom is 0.223 e. The van der Waals surface area contributed by atoms with Gasteiger partial charge in [0.05, 0.1) is 12.8 Å². The van der Waals surface area contributed by atoms with Gasteiger partial charge in [-0.25, -0.2) is 8.78 Å². The molecule has 2 rings (SSSR count). The van der Waals surface area contributed by atoms with E-state index in [1.54, 1.807) is 7.11 Å². The van der Waals surface area contributed by atoms with E-state index in [-0.39, 0.29) is 24.6 Å². The van der Waals surface area contributed by atoms with E-state index in [4.69, 9.17) is 4.74 Å². The second-order valence-corrected chi connectivity index (χ2v) is 5.96. The van der Waals surface area contributed by atoms with Gasteiger partial charge in [-0.1, -0.05) is 12.1 Å². The van der Waals surface area contributed by atoms with E-state index in [1.165, 1.54) is 13.0 Å². The molecular formula is C20H22F2N2O3. The van der Waals surface area contributed by atoms with Crippen LogP contribution in [0.25, 0.3) is 0 Å². The standard InChI is InChI=1S/C20H22F2N2O3/c1-14(25)24(19-8-5-16(21)13-18(19)22)12-10-20(26)23-11-9-15-3-6-17(27-2)7-4-15/h3-8,13H,9-12H2,1-2H3,(H,23,26). The highest BCUT2D eigenvalue weighted by molar-refractivity contribution is 5.92. The molecule has 0 atom stereocenters.